The van der Waals surface area contributed by atoms with Crippen LogP contribution in [0.4, 0.5) is 13.2 Å². The molecular weight excluding hydrogens is 241 g/mol. The summed E-state index contributed by atoms with van der Waals surface area (Å²) in [7, 11) is 0. The van der Waals surface area contributed by atoms with E-state index in [9.17, 15) is 13.2 Å². The molecule has 1 fully saturated rings. The van der Waals surface area contributed by atoms with Crippen molar-refractivity contribution >= 4 is 0 Å². The SMILES string of the molecule is NCC(NC1CCC1)c1cccc(C(F)(F)F)c1. The van der Waals surface area contributed by atoms with Gasteiger partial charge in [-0.1, -0.05) is 18.6 Å². The monoisotopic (exact) mass is 258 g/mol. The van der Waals surface area contributed by atoms with Gasteiger partial charge in [0.1, 0.15) is 0 Å². The second-order valence-corrected chi connectivity index (χ2v) is 4.71. The Balaban J connectivity index is 2.14. The number of rotatable bonds is 4. The molecule has 2 nitrogen and oxygen atoms in total. The summed E-state index contributed by atoms with van der Waals surface area (Å²) in [6.07, 6.45) is -0.964. The molecule has 5 heteroatoms. The van der Waals surface area contributed by atoms with E-state index in [0.29, 0.717) is 18.2 Å². The van der Waals surface area contributed by atoms with Gasteiger partial charge in [-0.15, -0.1) is 0 Å². The van der Waals surface area contributed by atoms with Crippen LogP contribution in [-0.2, 0) is 6.18 Å². The summed E-state index contributed by atoms with van der Waals surface area (Å²) < 4.78 is 37.9. The van der Waals surface area contributed by atoms with Gasteiger partial charge in [0.2, 0.25) is 0 Å². The molecule has 1 aromatic carbocycles. The van der Waals surface area contributed by atoms with E-state index in [1.54, 1.807) is 6.07 Å². The third kappa shape index (κ3) is 3.03. The zero-order valence-corrected chi connectivity index (χ0v) is 10.0. The van der Waals surface area contributed by atoms with Gasteiger partial charge in [-0.3, -0.25) is 0 Å². The molecule has 0 aliphatic heterocycles. The molecule has 0 amide bonds. The third-order valence-corrected chi connectivity index (χ3v) is 3.39. The van der Waals surface area contributed by atoms with Crippen molar-refractivity contribution in [1.82, 2.24) is 5.32 Å². The molecule has 100 valence electrons. The van der Waals surface area contributed by atoms with Crippen LogP contribution in [0.15, 0.2) is 24.3 Å². The van der Waals surface area contributed by atoms with Crippen molar-refractivity contribution in [3.8, 4) is 0 Å². The van der Waals surface area contributed by atoms with Crippen LogP contribution in [0.1, 0.15) is 36.4 Å². The van der Waals surface area contributed by atoms with Crippen molar-refractivity contribution in [2.45, 2.75) is 37.5 Å². The van der Waals surface area contributed by atoms with Crippen LogP contribution in [0.3, 0.4) is 0 Å². The van der Waals surface area contributed by atoms with Crippen molar-refractivity contribution in [2.24, 2.45) is 5.73 Å². The maximum atomic E-state index is 12.6. The fraction of sp³-hybridized carbons (Fsp3) is 0.538. The molecule has 3 N–H and O–H groups in total. The zero-order chi connectivity index (χ0) is 13.2. The molecule has 0 saturated heterocycles. The van der Waals surface area contributed by atoms with Gasteiger partial charge in [0.05, 0.1) is 5.56 Å². The summed E-state index contributed by atoms with van der Waals surface area (Å²) in [5, 5.41) is 3.31. The summed E-state index contributed by atoms with van der Waals surface area (Å²) in [4.78, 5) is 0. The predicted octanol–water partition coefficient (Wildman–Crippen LogP) is 2.85. The van der Waals surface area contributed by atoms with Crippen LogP contribution in [-0.4, -0.2) is 12.6 Å². The van der Waals surface area contributed by atoms with Crippen molar-refractivity contribution in [2.75, 3.05) is 6.54 Å². The first-order chi connectivity index (χ1) is 8.50. The summed E-state index contributed by atoms with van der Waals surface area (Å²) in [6, 6.07) is 5.59. The summed E-state index contributed by atoms with van der Waals surface area (Å²) in [5.74, 6) is 0. The standard InChI is InChI=1S/C13H17F3N2/c14-13(15,16)10-4-1-3-9(7-10)12(8-17)18-11-5-2-6-11/h1,3-4,7,11-12,18H,2,5-6,8,17H2. The summed E-state index contributed by atoms with van der Waals surface area (Å²) in [5.41, 5.74) is 5.64. The van der Waals surface area contributed by atoms with Gasteiger partial charge < -0.3 is 11.1 Å². The number of halogens is 3. The van der Waals surface area contributed by atoms with Gasteiger partial charge in [-0.25, -0.2) is 0 Å². The van der Waals surface area contributed by atoms with Gasteiger partial charge in [-0.2, -0.15) is 13.2 Å². The first-order valence-electron chi connectivity index (χ1n) is 6.14. The molecule has 0 spiro atoms. The molecule has 1 aromatic rings. The number of hydrogen-bond donors (Lipinski definition) is 2. The normalized spacial score (nSPS) is 18.4. The van der Waals surface area contributed by atoms with E-state index in [-0.39, 0.29) is 6.04 Å². The number of nitrogens with one attached hydrogen (secondary N) is 1. The highest BCUT2D eigenvalue weighted by Gasteiger charge is 2.31. The Labute approximate surface area is 104 Å². The average molecular weight is 258 g/mol. The molecule has 1 unspecified atom stereocenters. The van der Waals surface area contributed by atoms with Crippen LogP contribution in [0.5, 0.6) is 0 Å². The lowest BCUT2D eigenvalue weighted by molar-refractivity contribution is -0.137. The van der Waals surface area contributed by atoms with E-state index in [0.717, 1.165) is 18.9 Å². The number of alkyl halides is 3. The molecule has 0 radical (unpaired) electrons. The van der Waals surface area contributed by atoms with Crippen molar-refractivity contribution in [3.63, 3.8) is 0 Å². The lowest BCUT2D eigenvalue weighted by Gasteiger charge is -2.31. The molecular formula is C13H17F3N2. The van der Waals surface area contributed by atoms with E-state index in [1.807, 2.05) is 0 Å². The molecule has 1 aliphatic carbocycles. The van der Waals surface area contributed by atoms with Crippen LogP contribution < -0.4 is 11.1 Å². The zero-order valence-electron chi connectivity index (χ0n) is 10.0. The van der Waals surface area contributed by atoms with Crippen LogP contribution in [0.25, 0.3) is 0 Å². The van der Waals surface area contributed by atoms with Crippen LogP contribution in [0.2, 0.25) is 0 Å². The molecule has 0 bridgehead atoms. The van der Waals surface area contributed by atoms with E-state index in [2.05, 4.69) is 5.32 Å². The highest BCUT2D eigenvalue weighted by Crippen LogP contribution is 2.31. The van der Waals surface area contributed by atoms with Gasteiger partial charge in [0, 0.05) is 18.6 Å². The average Bonchev–Trinajstić information content (AvgIpc) is 2.27. The summed E-state index contributed by atoms with van der Waals surface area (Å²) in [6.45, 7) is 0.303. The fourth-order valence-electron chi connectivity index (χ4n) is 2.09. The lowest BCUT2D eigenvalue weighted by atomic mass is 9.91. The second-order valence-electron chi connectivity index (χ2n) is 4.71. The minimum Gasteiger partial charge on any atom is -0.329 e. The molecule has 1 aliphatic rings. The molecule has 0 heterocycles. The smallest absolute Gasteiger partial charge is 0.329 e. The number of hydrogen-bond acceptors (Lipinski definition) is 2. The maximum absolute atomic E-state index is 12.6. The van der Waals surface area contributed by atoms with Gasteiger partial charge in [0.25, 0.3) is 0 Å². The Morgan fingerprint density at radius 2 is 2.06 bits per heavy atom. The highest BCUT2D eigenvalue weighted by atomic mass is 19.4. The molecule has 0 aromatic heterocycles. The van der Waals surface area contributed by atoms with E-state index < -0.39 is 11.7 Å². The molecule has 1 atom stereocenters. The quantitative estimate of drug-likeness (QED) is 0.871. The molecule has 18 heavy (non-hydrogen) atoms. The van der Waals surface area contributed by atoms with E-state index >= 15 is 0 Å². The van der Waals surface area contributed by atoms with Gasteiger partial charge >= 0.3 is 6.18 Å². The van der Waals surface area contributed by atoms with Gasteiger partial charge in [-0.05, 0) is 30.5 Å². The van der Waals surface area contributed by atoms with Crippen molar-refractivity contribution in [1.29, 1.82) is 0 Å². The number of nitrogens with two attached hydrogens (primary N) is 1. The first kappa shape index (κ1) is 13.4. The molecule has 1 saturated carbocycles. The van der Waals surface area contributed by atoms with E-state index in [1.165, 1.54) is 18.6 Å². The van der Waals surface area contributed by atoms with Crippen molar-refractivity contribution in [3.05, 3.63) is 35.4 Å². The maximum Gasteiger partial charge on any atom is 0.416 e. The Morgan fingerprint density at radius 1 is 1.33 bits per heavy atom. The van der Waals surface area contributed by atoms with E-state index in [4.69, 9.17) is 5.73 Å². The third-order valence-electron chi connectivity index (χ3n) is 3.39. The second kappa shape index (κ2) is 5.28. The minimum atomic E-state index is -4.30. The number of benzene rings is 1. The van der Waals surface area contributed by atoms with Gasteiger partial charge in [0.15, 0.2) is 0 Å². The van der Waals surface area contributed by atoms with Crippen molar-refractivity contribution < 1.29 is 13.2 Å². The first-order valence-corrected chi connectivity index (χ1v) is 6.14. The minimum absolute atomic E-state index is 0.197. The topological polar surface area (TPSA) is 38.0 Å². The Kier molecular flexibility index (Phi) is 3.92. The highest BCUT2D eigenvalue weighted by molar-refractivity contribution is 5.28. The molecule has 2 rings (SSSR count). The summed E-state index contributed by atoms with van der Waals surface area (Å²) >= 11 is 0. The largest absolute Gasteiger partial charge is 0.416 e. The Bertz CT molecular complexity index is 399. The fourth-order valence-corrected chi connectivity index (χ4v) is 2.09. The van der Waals surface area contributed by atoms with Crippen LogP contribution >= 0.6 is 0 Å². The predicted molar refractivity (Wildman–Crippen MR) is 64.0 cm³/mol. The Hall–Kier alpha value is -1.07. The van der Waals surface area contributed by atoms with Crippen LogP contribution in [0, 0.1) is 0 Å². The lowest BCUT2D eigenvalue weighted by Crippen LogP contribution is -2.40. The Morgan fingerprint density at radius 3 is 2.56 bits per heavy atom.